The lowest BCUT2D eigenvalue weighted by Gasteiger charge is -2.18. The van der Waals surface area contributed by atoms with Crippen LogP contribution in [-0.2, 0) is 6.42 Å². The molecule has 0 fully saturated rings. The van der Waals surface area contributed by atoms with Crippen LogP contribution >= 0.6 is 0 Å². The first-order chi connectivity index (χ1) is 9.11. The molecule has 1 aromatic heterocycles. The smallest absolute Gasteiger partial charge is 0.129 e. The zero-order valence-electron chi connectivity index (χ0n) is 10.5. The Balaban J connectivity index is 2.27. The van der Waals surface area contributed by atoms with Crippen molar-refractivity contribution in [3.63, 3.8) is 0 Å². The van der Waals surface area contributed by atoms with Crippen LogP contribution in [0.1, 0.15) is 22.9 Å². The molecule has 3 nitrogen and oxygen atoms in total. The first-order valence-electron chi connectivity index (χ1n) is 5.93. The van der Waals surface area contributed by atoms with Crippen molar-refractivity contribution in [1.82, 2.24) is 10.4 Å². The van der Waals surface area contributed by atoms with Crippen molar-refractivity contribution in [3.05, 3.63) is 65.0 Å². The van der Waals surface area contributed by atoms with Crippen molar-refractivity contribution in [2.24, 2.45) is 5.84 Å². The van der Waals surface area contributed by atoms with E-state index < -0.39 is 11.6 Å². The van der Waals surface area contributed by atoms with Gasteiger partial charge in [0.15, 0.2) is 0 Å². The predicted molar refractivity (Wildman–Crippen MR) is 69.1 cm³/mol. The molecule has 0 aliphatic rings. The van der Waals surface area contributed by atoms with E-state index in [2.05, 4.69) is 10.4 Å². The molecule has 100 valence electrons. The van der Waals surface area contributed by atoms with Gasteiger partial charge in [-0.15, -0.1) is 0 Å². The monoisotopic (exact) mass is 263 g/mol. The van der Waals surface area contributed by atoms with Gasteiger partial charge in [0.2, 0.25) is 0 Å². The minimum atomic E-state index is -0.587. The number of hydrogen-bond donors (Lipinski definition) is 2. The van der Waals surface area contributed by atoms with Gasteiger partial charge < -0.3 is 0 Å². The molecular weight excluding hydrogens is 248 g/mol. The zero-order valence-corrected chi connectivity index (χ0v) is 10.5. The van der Waals surface area contributed by atoms with Crippen LogP contribution in [0.5, 0.6) is 0 Å². The normalized spacial score (nSPS) is 12.4. The lowest BCUT2D eigenvalue weighted by molar-refractivity contribution is 0.519. The maximum Gasteiger partial charge on any atom is 0.129 e. The van der Waals surface area contributed by atoms with Gasteiger partial charge in [-0.1, -0.05) is 12.1 Å². The number of nitrogens with two attached hydrogens (primary N) is 1. The molecule has 1 atom stereocenters. The molecule has 1 heterocycles. The van der Waals surface area contributed by atoms with Gasteiger partial charge in [0.1, 0.15) is 11.6 Å². The van der Waals surface area contributed by atoms with Crippen LogP contribution in [0.25, 0.3) is 0 Å². The van der Waals surface area contributed by atoms with E-state index in [9.17, 15) is 8.78 Å². The molecule has 0 radical (unpaired) electrons. The van der Waals surface area contributed by atoms with Crippen molar-refractivity contribution in [2.75, 3.05) is 0 Å². The third-order valence-corrected chi connectivity index (χ3v) is 3.06. The summed E-state index contributed by atoms with van der Waals surface area (Å²) in [4.78, 5) is 4.18. The average molecular weight is 263 g/mol. The number of aryl methyl sites for hydroxylation is 1. The Labute approximate surface area is 110 Å². The molecule has 3 N–H and O–H groups in total. The van der Waals surface area contributed by atoms with Crippen molar-refractivity contribution < 1.29 is 8.78 Å². The Morgan fingerprint density at radius 3 is 2.74 bits per heavy atom. The summed E-state index contributed by atoms with van der Waals surface area (Å²) in [6.45, 7) is 1.86. The molecule has 0 saturated heterocycles. The summed E-state index contributed by atoms with van der Waals surface area (Å²) in [6, 6.07) is 6.96. The van der Waals surface area contributed by atoms with Crippen molar-refractivity contribution in [3.8, 4) is 0 Å². The summed E-state index contributed by atoms with van der Waals surface area (Å²) in [5.74, 6) is 4.37. The molecule has 5 heteroatoms. The molecular formula is C14H15F2N3. The Bertz CT molecular complexity index is 572. The maximum absolute atomic E-state index is 13.6. The van der Waals surface area contributed by atoms with E-state index in [4.69, 9.17) is 5.84 Å². The lowest BCUT2D eigenvalue weighted by atomic mass is 9.98. The highest BCUT2D eigenvalue weighted by molar-refractivity contribution is 5.27. The van der Waals surface area contributed by atoms with Crippen LogP contribution in [0.3, 0.4) is 0 Å². The zero-order chi connectivity index (χ0) is 13.8. The molecule has 0 amide bonds. The fourth-order valence-corrected chi connectivity index (χ4v) is 2.03. The fourth-order valence-electron chi connectivity index (χ4n) is 2.03. The standard InChI is InChI=1S/C14H15F2N3/c1-9-12(3-2-6-18-9)14(19-17)7-10-4-5-11(15)8-13(10)16/h2-6,8,14,19H,7,17H2,1H3. The van der Waals surface area contributed by atoms with Crippen LogP contribution in [0.4, 0.5) is 8.78 Å². The SMILES string of the molecule is Cc1ncccc1C(Cc1ccc(F)cc1F)NN. The number of pyridine rings is 1. The van der Waals surface area contributed by atoms with Gasteiger partial charge in [-0.3, -0.25) is 16.3 Å². The summed E-state index contributed by atoms with van der Waals surface area (Å²) < 4.78 is 26.5. The van der Waals surface area contributed by atoms with E-state index in [0.29, 0.717) is 12.0 Å². The number of halogens is 2. The number of rotatable bonds is 4. The van der Waals surface area contributed by atoms with Crippen LogP contribution in [0.2, 0.25) is 0 Å². The van der Waals surface area contributed by atoms with Crippen LogP contribution in [0, 0.1) is 18.6 Å². The Hall–Kier alpha value is -1.85. The molecule has 19 heavy (non-hydrogen) atoms. The Morgan fingerprint density at radius 1 is 1.32 bits per heavy atom. The number of nitrogens with zero attached hydrogens (tertiary/aromatic N) is 1. The highest BCUT2D eigenvalue weighted by Gasteiger charge is 2.15. The lowest BCUT2D eigenvalue weighted by Crippen LogP contribution is -2.30. The summed E-state index contributed by atoms with van der Waals surface area (Å²) in [5.41, 5.74) is 4.78. The molecule has 0 aliphatic carbocycles. The topological polar surface area (TPSA) is 50.9 Å². The fraction of sp³-hybridized carbons (Fsp3) is 0.214. The summed E-state index contributed by atoms with van der Waals surface area (Å²) >= 11 is 0. The second-order valence-corrected chi connectivity index (χ2v) is 4.34. The first kappa shape index (κ1) is 13.6. The number of nitrogens with one attached hydrogen (secondary N) is 1. The quantitative estimate of drug-likeness (QED) is 0.658. The maximum atomic E-state index is 13.6. The number of benzene rings is 1. The molecule has 2 aromatic rings. The molecule has 0 bridgehead atoms. The van der Waals surface area contributed by atoms with Gasteiger partial charge in [0.25, 0.3) is 0 Å². The first-order valence-corrected chi connectivity index (χ1v) is 5.93. The van der Waals surface area contributed by atoms with E-state index in [1.807, 2.05) is 13.0 Å². The average Bonchev–Trinajstić information content (AvgIpc) is 2.39. The van der Waals surface area contributed by atoms with Crippen molar-refractivity contribution >= 4 is 0 Å². The summed E-state index contributed by atoms with van der Waals surface area (Å²) in [7, 11) is 0. The van der Waals surface area contributed by atoms with E-state index in [1.54, 1.807) is 12.3 Å². The predicted octanol–water partition coefficient (Wildman–Crippen LogP) is 2.42. The minimum absolute atomic E-state index is 0.270. The third-order valence-electron chi connectivity index (χ3n) is 3.06. The second-order valence-electron chi connectivity index (χ2n) is 4.34. The molecule has 2 rings (SSSR count). The van der Waals surface area contributed by atoms with Crippen LogP contribution in [-0.4, -0.2) is 4.98 Å². The van der Waals surface area contributed by atoms with E-state index in [-0.39, 0.29) is 6.04 Å². The van der Waals surface area contributed by atoms with Crippen LogP contribution < -0.4 is 11.3 Å². The van der Waals surface area contributed by atoms with E-state index >= 15 is 0 Å². The van der Waals surface area contributed by atoms with Gasteiger partial charge in [-0.25, -0.2) is 8.78 Å². The molecule has 0 spiro atoms. The minimum Gasteiger partial charge on any atom is -0.271 e. The highest BCUT2D eigenvalue weighted by Crippen LogP contribution is 2.21. The van der Waals surface area contributed by atoms with Crippen LogP contribution in [0.15, 0.2) is 36.5 Å². The summed E-state index contributed by atoms with van der Waals surface area (Å²) in [5, 5.41) is 0. The van der Waals surface area contributed by atoms with Gasteiger partial charge in [0, 0.05) is 18.0 Å². The molecule has 1 aromatic carbocycles. The van der Waals surface area contributed by atoms with Gasteiger partial charge >= 0.3 is 0 Å². The van der Waals surface area contributed by atoms with Crippen molar-refractivity contribution in [1.29, 1.82) is 0 Å². The van der Waals surface area contributed by atoms with Gasteiger partial charge in [-0.2, -0.15) is 0 Å². The number of aromatic nitrogens is 1. The summed E-state index contributed by atoms with van der Waals surface area (Å²) in [6.07, 6.45) is 2.01. The molecule has 0 saturated carbocycles. The third kappa shape index (κ3) is 3.13. The molecule has 1 unspecified atom stereocenters. The van der Waals surface area contributed by atoms with E-state index in [1.165, 1.54) is 12.1 Å². The second kappa shape index (κ2) is 5.86. The number of hydrogen-bond acceptors (Lipinski definition) is 3. The van der Waals surface area contributed by atoms with Gasteiger partial charge in [-0.05, 0) is 36.6 Å². The van der Waals surface area contributed by atoms with Crippen molar-refractivity contribution in [2.45, 2.75) is 19.4 Å². The largest absolute Gasteiger partial charge is 0.271 e. The van der Waals surface area contributed by atoms with E-state index in [0.717, 1.165) is 17.3 Å². The Kier molecular flexibility index (Phi) is 4.19. The highest BCUT2D eigenvalue weighted by atomic mass is 19.1. The Morgan fingerprint density at radius 2 is 2.11 bits per heavy atom. The molecule has 0 aliphatic heterocycles. The number of hydrazine groups is 1. The van der Waals surface area contributed by atoms with Gasteiger partial charge in [0.05, 0.1) is 6.04 Å².